The van der Waals surface area contributed by atoms with Crippen molar-refractivity contribution in [3.8, 4) is 11.5 Å². The Balaban J connectivity index is 1.50. The average molecular weight is 396 g/mol. The summed E-state index contributed by atoms with van der Waals surface area (Å²) in [6, 6.07) is 15.1. The summed E-state index contributed by atoms with van der Waals surface area (Å²) in [7, 11) is 1.73. The van der Waals surface area contributed by atoms with Crippen molar-refractivity contribution in [2.75, 3.05) is 20.2 Å². The highest BCUT2D eigenvalue weighted by Crippen LogP contribution is 2.42. The van der Waals surface area contributed by atoms with Gasteiger partial charge in [0.05, 0.1) is 18.8 Å². The fourth-order valence-electron chi connectivity index (χ4n) is 4.62. The summed E-state index contributed by atoms with van der Waals surface area (Å²) in [5, 5.41) is 0. The molecule has 0 radical (unpaired) electrons. The number of hydrogen-bond donors (Lipinski definition) is 0. The van der Waals surface area contributed by atoms with Crippen LogP contribution >= 0.6 is 0 Å². The summed E-state index contributed by atoms with van der Waals surface area (Å²) < 4.78 is 18.1. The van der Waals surface area contributed by atoms with Crippen LogP contribution in [0.5, 0.6) is 11.5 Å². The minimum atomic E-state index is -0.0839. The number of nitrogens with zero attached hydrogens (tertiary/aromatic N) is 1. The van der Waals surface area contributed by atoms with Gasteiger partial charge in [0.25, 0.3) is 0 Å². The molecule has 2 atom stereocenters. The number of benzene rings is 2. The third-order valence-electron chi connectivity index (χ3n) is 5.85. The lowest BCUT2D eigenvalue weighted by Crippen LogP contribution is -2.47. The van der Waals surface area contributed by atoms with Crippen LogP contribution in [0.1, 0.15) is 56.3 Å². The minimum absolute atomic E-state index is 0.0839. The number of fused-ring (bicyclic) bond motifs is 3. The Morgan fingerprint density at radius 2 is 1.83 bits per heavy atom. The van der Waals surface area contributed by atoms with Crippen LogP contribution in [0.15, 0.2) is 42.5 Å². The van der Waals surface area contributed by atoms with Crippen LogP contribution in [-0.4, -0.2) is 36.8 Å². The molecular formula is C25H33NO3. The number of ether oxygens (including phenoxy) is 3. The van der Waals surface area contributed by atoms with E-state index in [1.807, 2.05) is 18.2 Å². The van der Waals surface area contributed by atoms with Crippen LogP contribution in [0.25, 0.3) is 0 Å². The maximum absolute atomic E-state index is 6.27. The van der Waals surface area contributed by atoms with E-state index in [4.69, 9.17) is 14.2 Å². The zero-order valence-corrected chi connectivity index (χ0v) is 18.1. The Kier molecular flexibility index (Phi) is 5.84. The Hall–Kier alpha value is -2.04. The van der Waals surface area contributed by atoms with Crippen LogP contribution in [0.4, 0.5) is 0 Å². The average Bonchev–Trinajstić information content (AvgIpc) is 2.70. The largest absolute Gasteiger partial charge is 0.493 e. The topological polar surface area (TPSA) is 30.9 Å². The van der Waals surface area contributed by atoms with Crippen molar-refractivity contribution in [2.24, 2.45) is 0 Å². The molecule has 4 nitrogen and oxygen atoms in total. The Morgan fingerprint density at radius 1 is 1.03 bits per heavy atom. The first-order chi connectivity index (χ1) is 13.9. The molecule has 4 heteroatoms. The monoisotopic (exact) mass is 395 g/mol. The van der Waals surface area contributed by atoms with Gasteiger partial charge in [-0.05, 0) is 68.9 Å². The smallest absolute Gasteiger partial charge is 0.161 e. The van der Waals surface area contributed by atoms with E-state index in [2.05, 4.69) is 49.9 Å². The van der Waals surface area contributed by atoms with Crippen LogP contribution in [0, 0.1) is 0 Å². The van der Waals surface area contributed by atoms with Gasteiger partial charge in [0, 0.05) is 19.1 Å². The molecule has 0 aromatic heterocycles. The molecule has 0 N–H and O–H groups in total. The van der Waals surface area contributed by atoms with Crippen LogP contribution in [0.2, 0.25) is 0 Å². The lowest BCUT2D eigenvalue weighted by Gasteiger charge is -2.44. The van der Waals surface area contributed by atoms with Crippen molar-refractivity contribution in [3.63, 3.8) is 0 Å². The van der Waals surface area contributed by atoms with Crippen molar-refractivity contribution in [3.05, 3.63) is 59.2 Å². The zero-order chi connectivity index (χ0) is 20.4. The van der Waals surface area contributed by atoms with Crippen LogP contribution < -0.4 is 9.47 Å². The molecule has 156 valence electrons. The van der Waals surface area contributed by atoms with Gasteiger partial charge in [0.15, 0.2) is 11.5 Å². The summed E-state index contributed by atoms with van der Waals surface area (Å²) in [4.78, 5) is 2.59. The van der Waals surface area contributed by atoms with E-state index in [0.29, 0.717) is 18.8 Å². The second-order valence-corrected chi connectivity index (χ2v) is 9.17. The Bertz CT molecular complexity index is 828. The minimum Gasteiger partial charge on any atom is -0.493 e. The quantitative estimate of drug-likeness (QED) is 0.700. The van der Waals surface area contributed by atoms with E-state index >= 15 is 0 Å². The molecule has 0 saturated carbocycles. The van der Waals surface area contributed by atoms with E-state index in [-0.39, 0.29) is 5.60 Å². The highest BCUT2D eigenvalue weighted by atomic mass is 16.5. The predicted molar refractivity (Wildman–Crippen MR) is 116 cm³/mol. The third kappa shape index (κ3) is 4.76. The lowest BCUT2D eigenvalue weighted by atomic mass is 9.85. The number of hydrogen-bond acceptors (Lipinski definition) is 4. The van der Waals surface area contributed by atoms with Gasteiger partial charge >= 0.3 is 0 Å². The first kappa shape index (κ1) is 20.2. The summed E-state index contributed by atoms with van der Waals surface area (Å²) in [6.45, 7) is 9.07. The highest BCUT2D eigenvalue weighted by molar-refractivity contribution is 5.49. The molecule has 2 aliphatic heterocycles. The van der Waals surface area contributed by atoms with Gasteiger partial charge in [0.2, 0.25) is 0 Å². The van der Waals surface area contributed by atoms with E-state index in [0.717, 1.165) is 49.4 Å². The summed E-state index contributed by atoms with van der Waals surface area (Å²) in [5.74, 6) is 1.67. The molecule has 1 fully saturated rings. The molecule has 0 bridgehead atoms. The van der Waals surface area contributed by atoms with Gasteiger partial charge in [-0.25, -0.2) is 0 Å². The maximum atomic E-state index is 6.27. The molecule has 0 aliphatic carbocycles. The molecular weight excluding hydrogens is 362 g/mol. The van der Waals surface area contributed by atoms with Gasteiger partial charge in [-0.15, -0.1) is 0 Å². The van der Waals surface area contributed by atoms with Crippen molar-refractivity contribution < 1.29 is 14.2 Å². The first-order valence-electron chi connectivity index (χ1n) is 10.7. The second-order valence-electron chi connectivity index (χ2n) is 9.17. The molecule has 2 aliphatic rings. The number of rotatable bonds is 5. The SMILES string of the molecule is COc1cc2c(cc1OCc1ccccc1)CCN1CC(OC(C)(C)C)CCC21. The molecule has 0 amide bonds. The van der Waals surface area contributed by atoms with Crippen molar-refractivity contribution in [1.82, 2.24) is 4.90 Å². The van der Waals surface area contributed by atoms with Gasteiger partial charge in [-0.1, -0.05) is 30.3 Å². The first-order valence-corrected chi connectivity index (χ1v) is 10.7. The lowest BCUT2D eigenvalue weighted by molar-refractivity contribution is -0.0971. The summed E-state index contributed by atoms with van der Waals surface area (Å²) >= 11 is 0. The fraction of sp³-hybridized carbons (Fsp3) is 0.520. The van der Waals surface area contributed by atoms with Crippen molar-refractivity contribution in [2.45, 2.75) is 64.4 Å². The molecule has 2 aromatic carbocycles. The summed E-state index contributed by atoms with van der Waals surface area (Å²) in [5.41, 5.74) is 3.87. The predicted octanol–water partition coefficient (Wildman–Crippen LogP) is 5.15. The molecule has 0 spiro atoms. The van der Waals surface area contributed by atoms with Gasteiger partial charge in [0.1, 0.15) is 6.61 Å². The van der Waals surface area contributed by atoms with Crippen molar-refractivity contribution >= 4 is 0 Å². The summed E-state index contributed by atoms with van der Waals surface area (Å²) in [6.07, 6.45) is 3.59. The molecule has 2 heterocycles. The van der Waals surface area contributed by atoms with Gasteiger partial charge in [-0.3, -0.25) is 4.90 Å². The Morgan fingerprint density at radius 3 is 2.55 bits per heavy atom. The maximum Gasteiger partial charge on any atom is 0.161 e. The molecule has 1 saturated heterocycles. The van der Waals surface area contributed by atoms with E-state index in [1.54, 1.807) is 7.11 Å². The van der Waals surface area contributed by atoms with E-state index in [9.17, 15) is 0 Å². The number of methoxy groups -OCH3 is 1. The van der Waals surface area contributed by atoms with Crippen molar-refractivity contribution in [1.29, 1.82) is 0 Å². The molecule has 2 unspecified atom stereocenters. The van der Waals surface area contributed by atoms with Crippen LogP contribution in [-0.2, 0) is 17.8 Å². The fourth-order valence-corrected chi connectivity index (χ4v) is 4.62. The molecule has 29 heavy (non-hydrogen) atoms. The van der Waals surface area contributed by atoms with Crippen LogP contribution in [0.3, 0.4) is 0 Å². The standard InChI is InChI=1S/C25H33NO3/c1-25(2,3)29-20-10-11-22-21-15-23(27-4)24(14-19(21)12-13-26(22)16-20)28-17-18-8-6-5-7-9-18/h5-9,14-15,20,22H,10-13,16-17H2,1-4H3. The molecule has 2 aromatic rings. The van der Waals surface area contributed by atoms with E-state index in [1.165, 1.54) is 11.1 Å². The van der Waals surface area contributed by atoms with E-state index < -0.39 is 0 Å². The van der Waals surface area contributed by atoms with Gasteiger partial charge < -0.3 is 14.2 Å². The molecule has 4 rings (SSSR count). The van der Waals surface area contributed by atoms with Gasteiger partial charge in [-0.2, -0.15) is 0 Å². The second kappa shape index (κ2) is 8.37. The number of piperidine rings is 1. The third-order valence-corrected chi connectivity index (χ3v) is 5.85. The Labute approximate surface area is 174 Å². The zero-order valence-electron chi connectivity index (χ0n) is 18.1. The highest BCUT2D eigenvalue weighted by Gasteiger charge is 2.35. The normalized spacial score (nSPS) is 21.9.